The zero-order valence-corrected chi connectivity index (χ0v) is 19.2. The average molecular weight is 475 g/mol. The predicted octanol–water partition coefficient (Wildman–Crippen LogP) is 7.31. The third-order valence-electron chi connectivity index (χ3n) is 4.67. The number of anilines is 1. The van der Waals surface area contributed by atoms with Gasteiger partial charge in [-0.1, -0.05) is 29.8 Å². The summed E-state index contributed by atoms with van der Waals surface area (Å²) in [5, 5.41) is 4.19. The zero-order chi connectivity index (χ0) is 20.8. The van der Waals surface area contributed by atoms with E-state index in [4.69, 9.17) is 21.1 Å². The van der Waals surface area contributed by atoms with Crippen LogP contribution in [0.15, 0.2) is 59.1 Å². The van der Waals surface area contributed by atoms with Gasteiger partial charge in [-0.2, -0.15) is 0 Å². The largest absolute Gasteiger partial charge is 0.490 e. The lowest BCUT2D eigenvalue weighted by Crippen LogP contribution is -2.04. The fourth-order valence-corrected chi connectivity index (χ4v) is 3.65. The molecule has 0 aromatic heterocycles. The van der Waals surface area contributed by atoms with Gasteiger partial charge in [-0.25, -0.2) is 0 Å². The highest BCUT2D eigenvalue weighted by Gasteiger charge is 2.13. The van der Waals surface area contributed by atoms with Gasteiger partial charge < -0.3 is 14.8 Å². The zero-order valence-electron chi connectivity index (χ0n) is 16.9. The normalized spacial score (nSPS) is 10.7. The van der Waals surface area contributed by atoms with Gasteiger partial charge in [0.2, 0.25) is 0 Å². The van der Waals surface area contributed by atoms with Crippen molar-refractivity contribution in [1.82, 2.24) is 0 Å². The molecule has 3 rings (SSSR count). The maximum Gasteiger partial charge on any atom is 0.175 e. The van der Waals surface area contributed by atoms with Gasteiger partial charge in [-0.15, -0.1) is 0 Å². The summed E-state index contributed by atoms with van der Waals surface area (Å²) in [6, 6.07) is 18.1. The van der Waals surface area contributed by atoms with Gasteiger partial charge >= 0.3 is 0 Å². The van der Waals surface area contributed by atoms with Crippen molar-refractivity contribution in [2.24, 2.45) is 0 Å². The molecule has 0 saturated heterocycles. The third-order valence-corrected chi connectivity index (χ3v) is 5.51. The van der Waals surface area contributed by atoms with Gasteiger partial charge in [-0.05, 0) is 95.4 Å². The minimum absolute atomic E-state index is 0.441. The summed E-state index contributed by atoms with van der Waals surface area (Å²) in [5.41, 5.74) is 5.82. The van der Waals surface area contributed by atoms with E-state index in [0.29, 0.717) is 30.5 Å². The summed E-state index contributed by atoms with van der Waals surface area (Å²) >= 11 is 9.60. The molecule has 29 heavy (non-hydrogen) atoms. The number of benzene rings is 3. The van der Waals surface area contributed by atoms with Crippen LogP contribution in [0.5, 0.6) is 11.5 Å². The summed E-state index contributed by atoms with van der Waals surface area (Å²) in [5.74, 6) is 1.43. The molecule has 0 atom stereocenters. The Kier molecular flexibility index (Phi) is 7.45. The molecular formula is C24H25BrClNO2. The lowest BCUT2D eigenvalue weighted by Gasteiger charge is -2.16. The first kappa shape index (κ1) is 21.5. The fraction of sp³-hybridized carbons (Fsp3) is 0.250. The van der Waals surface area contributed by atoms with Crippen molar-refractivity contribution in [1.29, 1.82) is 0 Å². The average Bonchev–Trinajstić information content (AvgIpc) is 2.70. The molecule has 0 aliphatic heterocycles. The Morgan fingerprint density at radius 3 is 2.34 bits per heavy atom. The van der Waals surface area contributed by atoms with Crippen LogP contribution < -0.4 is 14.8 Å². The van der Waals surface area contributed by atoms with Crippen LogP contribution in [0.4, 0.5) is 5.69 Å². The van der Waals surface area contributed by atoms with Gasteiger partial charge in [0.25, 0.3) is 0 Å². The van der Waals surface area contributed by atoms with Crippen LogP contribution in [0, 0.1) is 13.8 Å². The molecule has 152 valence electrons. The fourth-order valence-electron chi connectivity index (χ4n) is 2.92. The Hall–Kier alpha value is -2.17. The maximum absolute atomic E-state index is 6.06. The van der Waals surface area contributed by atoms with Gasteiger partial charge in [0.05, 0.1) is 11.1 Å². The van der Waals surface area contributed by atoms with Crippen molar-refractivity contribution in [2.45, 2.75) is 33.9 Å². The van der Waals surface area contributed by atoms with E-state index in [1.54, 1.807) is 0 Å². The molecular weight excluding hydrogens is 450 g/mol. The molecule has 0 heterocycles. The summed E-state index contributed by atoms with van der Waals surface area (Å²) in [4.78, 5) is 0. The number of halogens is 2. The first-order chi connectivity index (χ1) is 14.0. The van der Waals surface area contributed by atoms with Gasteiger partial charge in [0, 0.05) is 17.3 Å². The standard InChI is InChI=1S/C24H25BrClNO2/c1-4-28-23-13-19(14-27-21-10-5-16(2)17(3)11-21)12-22(25)24(23)29-15-18-6-8-20(26)9-7-18/h5-13,27H,4,14-15H2,1-3H3. The van der Waals surface area contributed by atoms with Crippen molar-refractivity contribution in [2.75, 3.05) is 11.9 Å². The van der Waals surface area contributed by atoms with E-state index in [0.717, 1.165) is 27.0 Å². The van der Waals surface area contributed by atoms with Gasteiger partial charge in [-0.3, -0.25) is 0 Å². The lowest BCUT2D eigenvalue weighted by molar-refractivity contribution is 0.267. The smallest absolute Gasteiger partial charge is 0.175 e. The van der Waals surface area contributed by atoms with Crippen LogP contribution in [0.25, 0.3) is 0 Å². The number of aryl methyl sites for hydroxylation is 2. The molecule has 5 heteroatoms. The number of rotatable bonds is 8. The molecule has 0 fully saturated rings. The molecule has 3 aromatic rings. The van der Waals surface area contributed by atoms with Crippen molar-refractivity contribution in [3.05, 3.63) is 86.3 Å². The summed E-state index contributed by atoms with van der Waals surface area (Å²) in [7, 11) is 0. The topological polar surface area (TPSA) is 30.5 Å². The van der Waals surface area contributed by atoms with E-state index in [1.807, 2.05) is 37.3 Å². The minimum atomic E-state index is 0.441. The van der Waals surface area contributed by atoms with Crippen LogP contribution in [-0.4, -0.2) is 6.61 Å². The van der Waals surface area contributed by atoms with E-state index in [1.165, 1.54) is 11.1 Å². The number of nitrogens with one attached hydrogen (secondary N) is 1. The number of ether oxygens (including phenoxy) is 2. The molecule has 0 unspecified atom stereocenters. The minimum Gasteiger partial charge on any atom is -0.490 e. The van der Waals surface area contributed by atoms with E-state index in [9.17, 15) is 0 Å². The first-order valence-corrected chi connectivity index (χ1v) is 10.8. The van der Waals surface area contributed by atoms with Gasteiger partial charge in [0.15, 0.2) is 11.5 Å². The molecule has 0 aliphatic carbocycles. The molecule has 0 spiro atoms. The molecule has 0 bridgehead atoms. The Balaban J connectivity index is 1.74. The number of hydrogen-bond donors (Lipinski definition) is 1. The van der Waals surface area contributed by atoms with E-state index in [2.05, 4.69) is 59.4 Å². The number of hydrogen-bond acceptors (Lipinski definition) is 3. The quantitative estimate of drug-likeness (QED) is 0.371. The molecule has 3 nitrogen and oxygen atoms in total. The highest BCUT2D eigenvalue weighted by molar-refractivity contribution is 9.10. The molecule has 3 aromatic carbocycles. The molecule has 0 aliphatic rings. The van der Waals surface area contributed by atoms with Crippen molar-refractivity contribution in [3.8, 4) is 11.5 Å². The third kappa shape index (κ3) is 5.91. The second-order valence-corrected chi connectivity index (χ2v) is 8.20. The van der Waals surface area contributed by atoms with Crippen LogP contribution >= 0.6 is 27.5 Å². The maximum atomic E-state index is 6.06. The van der Waals surface area contributed by atoms with Gasteiger partial charge in [0.1, 0.15) is 6.61 Å². The molecule has 0 amide bonds. The Bertz CT molecular complexity index is 973. The summed E-state index contributed by atoms with van der Waals surface area (Å²) < 4.78 is 12.8. The van der Waals surface area contributed by atoms with Crippen molar-refractivity contribution < 1.29 is 9.47 Å². The Morgan fingerprint density at radius 1 is 0.897 bits per heavy atom. The van der Waals surface area contributed by atoms with Crippen LogP contribution in [0.1, 0.15) is 29.2 Å². The highest BCUT2D eigenvalue weighted by atomic mass is 79.9. The van der Waals surface area contributed by atoms with E-state index in [-0.39, 0.29) is 0 Å². The Labute approximate surface area is 186 Å². The second kappa shape index (κ2) is 10.0. The summed E-state index contributed by atoms with van der Waals surface area (Å²) in [6.07, 6.45) is 0. The molecule has 0 radical (unpaired) electrons. The Morgan fingerprint density at radius 2 is 1.66 bits per heavy atom. The monoisotopic (exact) mass is 473 g/mol. The first-order valence-electron chi connectivity index (χ1n) is 9.60. The lowest BCUT2D eigenvalue weighted by atomic mass is 10.1. The van der Waals surface area contributed by atoms with Crippen LogP contribution in [-0.2, 0) is 13.2 Å². The SMILES string of the molecule is CCOc1cc(CNc2ccc(C)c(C)c2)cc(Br)c1OCc1ccc(Cl)cc1. The second-order valence-electron chi connectivity index (χ2n) is 6.91. The molecule has 0 saturated carbocycles. The van der Waals surface area contributed by atoms with Crippen LogP contribution in [0.3, 0.4) is 0 Å². The highest BCUT2D eigenvalue weighted by Crippen LogP contribution is 2.37. The van der Waals surface area contributed by atoms with E-state index < -0.39 is 0 Å². The van der Waals surface area contributed by atoms with Crippen molar-refractivity contribution in [3.63, 3.8) is 0 Å². The van der Waals surface area contributed by atoms with Crippen molar-refractivity contribution >= 4 is 33.2 Å². The predicted molar refractivity (Wildman–Crippen MR) is 124 cm³/mol. The molecule has 1 N–H and O–H groups in total. The van der Waals surface area contributed by atoms with Crippen LogP contribution in [0.2, 0.25) is 5.02 Å². The van der Waals surface area contributed by atoms with E-state index >= 15 is 0 Å². The summed E-state index contributed by atoms with van der Waals surface area (Å²) in [6.45, 7) is 7.91.